The minimum atomic E-state index is -0.498. The monoisotopic (exact) mass is 339 g/mol. The van der Waals surface area contributed by atoms with E-state index < -0.39 is 11.5 Å². The van der Waals surface area contributed by atoms with Gasteiger partial charge in [-0.15, -0.1) is 0 Å². The number of ether oxygens (including phenoxy) is 1. The van der Waals surface area contributed by atoms with Crippen LogP contribution in [0.2, 0.25) is 0 Å². The highest BCUT2D eigenvalue weighted by Gasteiger charge is 2.15. The predicted octanol–water partition coefficient (Wildman–Crippen LogP) is 2.13. The summed E-state index contributed by atoms with van der Waals surface area (Å²) >= 11 is 0. The number of carbonyl (C=O) groups excluding carboxylic acids is 1. The standard InChI is InChI=1S/C18H17N3O4/c1-10(11-4-3-5-13(8-11)25-2)19-18(24)16-20-15-7-6-12(22)9-14(15)17(23)21-16/h3-10,22H,1-2H3,(H,19,24)(H,20,21,23). The number of phenols is 1. The van der Waals surface area contributed by atoms with Crippen molar-refractivity contribution in [3.63, 3.8) is 0 Å². The van der Waals surface area contributed by atoms with Crippen molar-refractivity contribution < 1.29 is 14.6 Å². The first-order valence-corrected chi connectivity index (χ1v) is 7.66. The first-order chi connectivity index (χ1) is 12.0. The minimum Gasteiger partial charge on any atom is -0.508 e. The third-order valence-electron chi connectivity index (χ3n) is 3.85. The number of methoxy groups -OCH3 is 1. The molecule has 0 radical (unpaired) electrons. The zero-order chi connectivity index (χ0) is 18.0. The second kappa shape index (κ2) is 6.64. The number of carbonyl (C=O) groups is 1. The van der Waals surface area contributed by atoms with Crippen LogP contribution in [0.4, 0.5) is 0 Å². The van der Waals surface area contributed by atoms with Crippen molar-refractivity contribution in [2.75, 3.05) is 7.11 Å². The van der Waals surface area contributed by atoms with Crippen LogP contribution in [0.1, 0.15) is 29.1 Å². The number of benzene rings is 2. The van der Waals surface area contributed by atoms with E-state index in [1.54, 1.807) is 7.11 Å². The molecular weight excluding hydrogens is 322 g/mol. The summed E-state index contributed by atoms with van der Waals surface area (Å²) in [5, 5.41) is 12.5. The fourth-order valence-corrected chi connectivity index (χ4v) is 2.49. The van der Waals surface area contributed by atoms with Crippen LogP contribution in [0.5, 0.6) is 11.5 Å². The van der Waals surface area contributed by atoms with Crippen molar-refractivity contribution >= 4 is 16.8 Å². The number of nitrogens with zero attached hydrogens (tertiary/aromatic N) is 1. The summed E-state index contributed by atoms with van der Waals surface area (Å²) in [6.07, 6.45) is 0. The number of aromatic amines is 1. The Hall–Kier alpha value is -3.35. The molecule has 0 saturated heterocycles. The molecule has 1 unspecified atom stereocenters. The summed E-state index contributed by atoms with van der Waals surface area (Å²) in [5.74, 6) is 0.0691. The number of amides is 1. The molecule has 3 aromatic rings. The van der Waals surface area contributed by atoms with Gasteiger partial charge in [-0.05, 0) is 42.8 Å². The van der Waals surface area contributed by atoms with Crippen molar-refractivity contribution in [2.45, 2.75) is 13.0 Å². The highest BCUT2D eigenvalue weighted by molar-refractivity contribution is 5.93. The normalized spacial score (nSPS) is 11.9. The first-order valence-electron chi connectivity index (χ1n) is 7.66. The van der Waals surface area contributed by atoms with Gasteiger partial charge in [0.15, 0.2) is 5.82 Å². The lowest BCUT2D eigenvalue weighted by Gasteiger charge is -2.15. The van der Waals surface area contributed by atoms with Gasteiger partial charge < -0.3 is 20.1 Å². The number of H-pyrrole nitrogens is 1. The topological polar surface area (TPSA) is 104 Å². The van der Waals surface area contributed by atoms with E-state index in [1.807, 2.05) is 31.2 Å². The number of hydrogen-bond acceptors (Lipinski definition) is 5. The number of phenolic OH excluding ortho intramolecular Hbond substituents is 1. The number of rotatable bonds is 4. The average molecular weight is 339 g/mol. The van der Waals surface area contributed by atoms with E-state index in [1.165, 1.54) is 18.2 Å². The van der Waals surface area contributed by atoms with Crippen LogP contribution in [0.25, 0.3) is 10.9 Å². The average Bonchev–Trinajstić information content (AvgIpc) is 2.62. The van der Waals surface area contributed by atoms with Crippen LogP contribution in [0.3, 0.4) is 0 Å². The fourth-order valence-electron chi connectivity index (χ4n) is 2.49. The Balaban J connectivity index is 1.86. The molecule has 1 heterocycles. The van der Waals surface area contributed by atoms with Gasteiger partial charge in [0.05, 0.1) is 24.1 Å². The van der Waals surface area contributed by atoms with Gasteiger partial charge in [-0.1, -0.05) is 12.1 Å². The molecule has 7 heteroatoms. The summed E-state index contributed by atoms with van der Waals surface area (Å²) < 4.78 is 5.18. The highest BCUT2D eigenvalue weighted by Crippen LogP contribution is 2.19. The highest BCUT2D eigenvalue weighted by atomic mass is 16.5. The number of aromatic nitrogens is 2. The van der Waals surface area contributed by atoms with Gasteiger partial charge >= 0.3 is 0 Å². The maximum atomic E-state index is 12.4. The van der Waals surface area contributed by atoms with E-state index >= 15 is 0 Å². The number of nitrogens with one attached hydrogen (secondary N) is 2. The summed E-state index contributed by atoms with van der Waals surface area (Å²) in [4.78, 5) is 31.1. The van der Waals surface area contributed by atoms with Gasteiger partial charge in [0, 0.05) is 0 Å². The molecule has 3 rings (SSSR count). The minimum absolute atomic E-state index is 0.0383. The Morgan fingerprint density at radius 2 is 2.08 bits per heavy atom. The van der Waals surface area contributed by atoms with E-state index in [4.69, 9.17) is 4.74 Å². The van der Waals surface area contributed by atoms with Gasteiger partial charge in [-0.25, -0.2) is 4.98 Å². The number of fused-ring (bicyclic) bond motifs is 1. The SMILES string of the molecule is COc1cccc(C(C)NC(=O)c2nc3ccc(O)cc3c(=O)[nH]2)c1. The zero-order valence-electron chi connectivity index (χ0n) is 13.7. The predicted molar refractivity (Wildman–Crippen MR) is 92.9 cm³/mol. The largest absolute Gasteiger partial charge is 0.508 e. The molecular formula is C18H17N3O4. The molecule has 1 amide bonds. The lowest BCUT2D eigenvalue weighted by Crippen LogP contribution is -2.30. The molecule has 0 fully saturated rings. The third-order valence-corrected chi connectivity index (χ3v) is 3.85. The van der Waals surface area contributed by atoms with Gasteiger partial charge in [0.1, 0.15) is 11.5 Å². The van der Waals surface area contributed by atoms with Crippen molar-refractivity contribution in [3.8, 4) is 11.5 Å². The van der Waals surface area contributed by atoms with Crippen molar-refractivity contribution in [1.29, 1.82) is 0 Å². The van der Waals surface area contributed by atoms with E-state index in [-0.39, 0.29) is 23.0 Å². The Labute approximate surface area is 143 Å². The van der Waals surface area contributed by atoms with E-state index in [2.05, 4.69) is 15.3 Å². The maximum Gasteiger partial charge on any atom is 0.287 e. The van der Waals surface area contributed by atoms with Gasteiger partial charge in [-0.2, -0.15) is 0 Å². The fraction of sp³-hybridized carbons (Fsp3) is 0.167. The van der Waals surface area contributed by atoms with Crippen LogP contribution in [-0.4, -0.2) is 28.1 Å². The molecule has 25 heavy (non-hydrogen) atoms. The lowest BCUT2D eigenvalue weighted by atomic mass is 10.1. The molecule has 1 aromatic heterocycles. The van der Waals surface area contributed by atoms with Crippen LogP contribution >= 0.6 is 0 Å². The second-order valence-electron chi connectivity index (χ2n) is 5.59. The van der Waals surface area contributed by atoms with Crippen LogP contribution in [0.15, 0.2) is 47.3 Å². The number of hydrogen-bond donors (Lipinski definition) is 3. The molecule has 3 N–H and O–H groups in total. The Kier molecular flexibility index (Phi) is 4.38. The molecule has 0 aliphatic rings. The van der Waals surface area contributed by atoms with Gasteiger partial charge in [0.2, 0.25) is 0 Å². The van der Waals surface area contributed by atoms with Gasteiger partial charge in [-0.3, -0.25) is 9.59 Å². The lowest BCUT2D eigenvalue weighted by molar-refractivity contribution is 0.0929. The Morgan fingerprint density at radius 3 is 2.84 bits per heavy atom. The Morgan fingerprint density at radius 1 is 1.28 bits per heavy atom. The molecule has 128 valence electrons. The summed E-state index contributed by atoms with van der Waals surface area (Å²) in [6, 6.07) is 11.2. The van der Waals surface area contributed by atoms with E-state index in [0.717, 1.165) is 5.56 Å². The van der Waals surface area contributed by atoms with Gasteiger partial charge in [0.25, 0.3) is 11.5 Å². The van der Waals surface area contributed by atoms with E-state index in [9.17, 15) is 14.7 Å². The van der Waals surface area contributed by atoms with Crippen molar-refractivity contribution in [2.24, 2.45) is 0 Å². The molecule has 0 aliphatic carbocycles. The van der Waals surface area contributed by atoms with Crippen molar-refractivity contribution in [1.82, 2.24) is 15.3 Å². The molecule has 0 saturated carbocycles. The smallest absolute Gasteiger partial charge is 0.287 e. The molecule has 2 aromatic carbocycles. The quantitative estimate of drug-likeness (QED) is 0.675. The number of aromatic hydroxyl groups is 1. The maximum absolute atomic E-state index is 12.4. The first kappa shape index (κ1) is 16.5. The van der Waals surface area contributed by atoms with Crippen LogP contribution < -0.4 is 15.6 Å². The molecule has 0 bridgehead atoms. The third kappa shape index (κ3) is 3.45. The molecule has 0 spiro atoms. The van der Waals surface area contributed by atoms with E-state index in [0.29, 0.717) is 11.3 Å². The summed E-state index contributed by atoms with van der Waals surface area (Å²) in [6.45, 7) is 1.82. The van der Waals surface area contributed by atoms with Crippen LogP contribution in [-0.2, 0) is 0 Å². The van der Waals surface area contributed by atoms with Crippen LogP contribution in [0, 0.1) is 0 Å². The molecule has 0 aliphatic heterocycles. The summed E-state index contributed by atoms with van der Waals surface area (Å²) in [7, 11) is 1.57. The van der Waals surface area contributed by atoms with Crippen molar-refractivity contribution in [3.05, 3.63) is 64.2 Å². The molecule has 1 atom stereocenters. The molecule has 7 nitrogen and oxygen atoms in total. The zero-order valence-corrected chi connectivity index (χ0v) is 13.7. The Bertz CT molecular complexity index is 997. The second-order valence-corrected chi connectivity index (χ2v) is 5.59. The summed E-state index contributed by atoms with van der Waals surface area (Å²) in [5.41, 5.74) is 0.710.